The highest BCUT2D eigenvalue weighted by Gasteiger charge is 2.22. The van der Waals surface area contributed by atoms with E-state index in [2.05, 4.69) is 15.3 Å². The molecule has 0 spiro atoms. The molecule has 0 saturated carbocycles. The molecule has 1 amide bonds. The molecule has 3 rings (SSSR count). The minimum absolute atomic E-state index is 0.0247. The van der Waals surface area contributed by atoms with E-state index in [1.165, 1.54) is 12.1 Å². The quantitative estimate of drug-likeness (QED) is 0.872. The predicted molar refractivity (Wildman–Crippen MR) is 79.7 cm³/mol. The van der Waals surface area contributed by atoms with Crippen molar-refractivity contribution in [3.63, 3.8) is 0 Å². The summed E-state index contributed by atoms with van der Waals surface area (Å²) in [4.78, 5) is 20.7. The number of carbonyl (C=O) groups excluding carboxylic acids is 1. The number of aromatic nitrogens is 1. The second-order valence-electron chi connectivity index (χ2n) is 5.06. The van der Waals surface area contributed by atoms with E-state index in [9.17, 15) is 9.18 Å². The number of nitrogens with zero attached hydrogens (tertiary/aromatic N) is 3. The molecule has 110 valence electrons. The van der Waals surface area contributed by atoms with Gasteiger partial charge in [-0.1, -0.05) is 0 Å². The summed E-state index contributed by atoms with van der Waals surface area (Å²) >= 11 is 1.60. The van der Waals surface area contributed by atoms with Crippen LogP contribution in [0.1, 0.15) is 16.1 Å². The van der Waals surface area contributed by atoms with E-state index in [0.29, 0.717) is 18.7 Å². The largest absolute Gasteiger partial charge is 0.336 e. The summed E-state index contributed by atoms with van der Waals surface area (Å²) in [5.41, 5.74) is 3.46. The fraction of sp³-hybridized carbons (Fsp3) is 0.333. The van der Waals surface area contributed by atoms with Gasteiger partial charge in [0.1, 0.15) is 5.82 Å². The Morgan fingerprint density at radius 3 is 2.52 bits per heavy atom. The van der Waals surface area contributed by atoms with Gasteiger partial charge >= 0.3 is 0 Å². The molecule has 1 aromatic heterocycles. The van der Waals surface area contributed by atoms with Gasteiger partial charge in [-0.3, -0.25) is 9.69 Å². The molecule has 0 aliphatic carbocycles. The Kier molecular flexibility index (Phi) is 4.26. The molecule has 21 heavy (non-hydrogen) atoms. The number of rotatable bonds is 3. The summed E-state index contributed by atoms with van der Waals surface area (Å²) in [5.74, 6) is -0.344. The van der Waals surface area contributed by atoms with E-state index in [0.717, 1.165) is 25.3 Å². The maximum atomic E-state index is 12.9. The molecule has 1 fully saturated rings. The van der Waals surface area contributed by atoms with Crippen molar-refractivity contribution < 1.29 is 9.18 Å². The molecule has 0 atom stereocenters. The van der Waals surface area contributed by atoms with Crippen LogP contribution in [-0.2, 0) is 6.54 Å². The molecule has 1 saturated heterocycles. The van der Waals surface area contributed by atoms with E-state index in [1.54, 1.807) is 23.5 Å². The van der Waals surface area contributed by atoms with Crippen LogP contribution >= 0.6 is 11.3 Å². The van der Waals surface area contributed by atoms with Gasteiger partial charge in [-0.2, -0.15) is 0 Å². The summed E-state index contributed by atoms with van der Waals surface area (Å²) in [6.45, 7) is 3.90. The molecule has 0 N–H and O–H groups in total. The third kappa shape index (κ3) is 3.46. The SMILES string of the molecule is O=C(c1ccc(F)cc1)N1CCN(Cc2cscn2)CC1. The summed E-state index contributed by atoms with van der Waals surface area (Å²) in [5, 5.41) is 2.05. The highest BCUT2D eigenvalue weighted by Crippen LogP contribution is 2.12. The van der Waals surface area contributed by atoms with Crippen molar-refractivity contribution in [3.8, 4) is 0 Å². The summed E-state index contributed by atoms with van der Waals surface area (Å²) in [6.07, 6.45) is 0. The number of hydrogen-bond acceptors (Lipinski definition) is 4. The zero-order valence-corrected chi connectivity index (χ0v) is 12.4. The molecule has 0 bridgehead atoms. The van der Waals surface area contributed by atoms with Crippen molar-refractivity contribution in [2.24, 2.45) is 0 Å². The smallest absolute Gasteiger partial charge is 0.253 e. The first-order valence-corrected chi connectivity index (χ1v) is 7.81. The first-order valence-electron chi connectivity index (χ1n) is 6.86. The molecule has 1 aliphatic rings. The van der Waals surface area contributed by atoms with Crippen LogP contribution in [-0.4, -0.2) is 46.9 Å². The number of thiazole rings is 1. The highest BCUT2D eigenvalue weighted by molar-refractivity contribution is 7.07. The predicted octanol–water partition coefficient (Wildman–Crippen LogP) is 2.24. The Hall–Kier alpha value is -1.79. The van der Waals surface area contributed by atoms with Gasteiger partial charge in [-0.15, -0.1) is 11.3 Å². The number of piperazine rings is 1. The fourth-order valence-electron chi connectivity index (χ4n) is 2.43. The Morgan fingerprint density at radius 1 is 1.19 bits per heavy atom. The summed E-state index contributed by atoms with van der Waals surface area (Å²) in [7, 11) is 0. The van der Waals surface area contributed by atoms with Crippen LogP contribution in [0, 0.1) is 5.82 Å². The lowest BCUT2D eigenvalue weighted by Crippen LogP contribution is -2.48. The van der Waals surface area contributed by atoms with E-state index in [1.807, 2.05) is 10.4 Å². The molecular weight excluding hydrogens is 289 g/mol. The van der Waals surface area contributed by atoms with Gasteiger partial charge in [0.15, 0.2) is 0 Å². The lowest BCUT2D eigenvalue weighted by Gasteiger charge is -2.34. The van der Waals surface area contributed by atoms with Crippen LogP contribution in [0.3, 0.4) is 0 Å². The third-order valence-corrected chi connectivity index (χ3v) is 4.26. The van der Waals surface area contributed by atoms with E-state index < -0.39 is 0 Å². The van der Waals surface area contributed by atoms with Gasteiger partial charge in [0.2, 0.25) is 0 Å². The number of hydrogen-bond donors (Lipinski definition) is 0. The molecule has 1 aliphatic heterocycles. The average Bonchev–Trinajstić information content (AvgIpc) is 3.01. The standard InChI is InChI=1S/C15H16FN3OS/c16-13-3-1-12(2-4-13)15(20)19-7-5-18(6-8-19)9-14-10-21-11-17-14/h1-4,10-11H,5-9H2. The van der Waals surface area contributed by atoms with Crippen LogP contribution in [0.25, 0.3) is 0 Å². The normalized spacial score (nSPS) is 16.1. The van der Waals surface area contributed by atoms with Crippen LogP contribution in [0.5, 0.6) is 0 Å². The lowest BCUT2D eigenvalue weighted by atomic mass is 10.1. The molecule has 2 heterocycles. The van der Waals surface area contributed by atoms with Crippen molar-refractivity contribution in [2.75, 3.05) is 26.2 Å². The monoisotopic (exact) mass is 305 g/mol. The van der Waals surface area contributed by atoms with Crippen LogP contribution in [0.4, 0.5) is 4.39 Å². The molecule has 0 radical (unpaired) electrons. The van der Waals surface area contributed by atoms with E-state index >= 15 is 0 Å². The number of halogens is 1. The van der Waals surface area contributed by atoms with Gasteiger partial charge in [0.25, 0.3) is 5.91 Å². The topological polar surface area (TPSA) is 36.4 Å². The Morgan fingerprint density at radius 2 is 1.90 bits per heavy atom. The minimum Gasteiger partial charge on any atom is -0.336 e. The Balaban J connectivity index is 1.55. The van der Waals surface area contributed by atoms with Gasteiger partial charge in [0.05, 0.1) is 11.2 Å². The minimum atomic E-state index is -0.320. The fourth-order valence-corrected chi connectivity index (χ4v) is 2.98. The average molecular weight is 305 g/mol. The molecule has 0 unspecified atom stereocenters. The van der Waals surface area contributed by atoms with Crippen molar-refractivity contribution >= 4 is 17.2 Å². The molecule has 4 nitrogen and oxygen atoms in total. The van der Waals surface area contributed by atoms with Crippen molar-refractivity contribution in [2.45, 2.75) is 6.54 Å². The second-order valence-corrected chi connectivity index (χ2v) is 5.77. The van der Waals surface area contributed by atoms with Crippen LogP contribution in [0.2, 0.25) is 0 Å². The summed E-state index contributed by atoms with van der Waals surface area (Å²) in [6, 6.07) is 5.73. The maximum absolute atomic E-state index is 12.9. The van der Waals surface area contributed by atoms with Crippen molar-refractivity contribution in [1.29, 1.82) is 0 Å². The lowest BCUT2D eigenvalue weighted by molar-refractivity contribution is 0.0627. The Bertz CT molecular complexity index is 592. The third-order valence-electron chi connectivity index (χ3n) is 3.62. The Labute approximate surface area is 126 Å². The van der Waals surface area contributed by atoms with E-state index in [-0.39, 0.29) is 11.7 Å². The van der Waals surface area contributed by atoms with Gasteiger partial charge < -0.3 is 4.90 Å². The number of benzene rings is 1. The van der Waals surface area contributed by atoms with Gasteiger partial charge in [-0.05, 0) is 24.3 Å². The molecular formula is C15H16FN3OS. The van der Waals surface area contributed by atoms with Crippen molar-refractivity contribution in [3.05, 3.63) is 52.2 Å². The van der Waals surface area contributed by atoms with Crippen LogP contribution < -0.4 is 0 Å². The first-order chi connectivity index (χ1) is 10.2. The molecule has 1 aromatic carbocycles. The van der Waals surface area contributed by atoms with Crippen LogP contribution in [0.15, 0.2) is 35.2 Å². The van der Waals surface area contributed by atoms with Gasteiger partial charge in [0, 0.05) is 43.7 Å². The second kappa shape index (κ2) is 6.32. The van der Waals surface area contributed by atoms with Gasteiger partial charge in [-0.25, -0.2) is 9.37 Å². The zero-order valence-electron chi connectivity index (χ0n) is 11.5. The molecule has 2 aromatic rings. The maximum Gasteiger partial charge on any atom is 0.253 e. The molecule has 6 heteroatoms. The van der Waals surface area contributed by atoms with E-state index in [4.69, 9.17) is 0 Å². The highest BCUT2D eigenvalue weighted by atomic mass is 32.1. The number of carbonyl (C=O) groups is 1. The zero-order chi connectivity index (χ0) is 14.7. The first kappa shape index (κ1) is 14.2. The number of amides is 1. The summed E-state index contributed by atoms with van der Waals surface area (Å²) < 4.78 is 12.9. The van der Waals surface area contributed by atoms with Crippen molar-refractivity contribution in [1.82, 2.24) is 14.8 Å².